The fourth-order valence-corrected chi connectivity index (χ4v) is 0.777. The maximum atomic E-state index is 10.4. The van der Waals surface area contributed by atoms with E-state index >= 15 is 0 Å². The highest BCUT2D eigenvalue weighted by atomic mass is 35.5. The molecule has 0 radical (unpaired) electrons. The predicted octanol–water partition coefficient (Wildman–Crippen LogP) is 1.14. The lowest BCUT2D eigenvalue weighted by atomic mass is 10.2. The predicted molar refractivity (Wildman–Crippen MR) is 38.7 cm³/mol. The molecule has 0 unspecified atom stereocenters. The molecule has 0 saturated carbocycles. The van der Waals surface area contributed by atoms with Gasteiger partial charge in [-0.15, -0.1) is 0 Å². The minimum atomic E-state index is -1.09. The maximum absolute atomic E-state index is 10.4. The zero-order chi connectivity index (χ0) is 8.43. The lowest BCUT2D eigenvalue weighted by Crippen LogP contribution is -2.04. The average molecular weight is 173 g/mol. The van der Waals surface area contributed by atoms with Crippen LogP contribution < -0.4 is 0 Å². The van der Waals surface area contributed by atoms with Crippen LogP contribution in [0, 0.1) is 6.92 Å². The second-order valence-electron chi connectivity index (χ2n) is 1.94. The van der Waals surface area contributed by atoms with Crippen LogP contribution in [0.2, 0.25) is 5.15 Å². The Balaban J connectivity index is 3.27. The molecule has 1 aromatic heterocycles. The summed E-state index contributed by atoms with van der Waals surface area (Å²) in [7, 11) is 0. The molecule has 0 fully saturated rings. The summed E-state index contributed by atoms with van der Waals surface area (Å²) in [5, 5.41) is 8.72. The molecule has 1 rings (SSSR count). The number of hydrogen-bond acceptors (Lipinski definition) is 3. The van der Waals surface area contributed by atoms with Crippen LogP contribution in [-0.2, 0) is 0 Å². The standard InChI is InChI=1S/C6H5ClN2O2/c1-3-4(6(10)11)8-2-9-5(3)7/h2H,1H3,(H,10,11). The number of carboxylic acids is 1. The molecule has 0 amide bonds. The smallest absolute Gasteiger partial charge is 0.354 e. The fraction of sp³-hybridized carbons (Fsp3) is 0.167. The summed E-state index contributed by atoms with van der Waals surface area (Å²) >= 11 is 5.54. The lowest BCUT2D eigenvalue weighted by Gasteiger charge is -1.98. The van der Waals surface area contributed by atoms with Gasteiger partial charge in [-0.25, -0.2) is 14.8 Å². The van der Waals surface area contributed by atoms with E-state index in [2.05, 4.69) is 9.97 Å². The van der Waals surface area contributed by atoms with Crippen LogP contribution in [0.4, 0.5) is 0 Å². The van der Waals surface area contributed by atoms with Crippen LogP contribution >= 0.6 is 11.6 Å². The third kappa shape index (κ3) is 1.46. The molecule has 1 heterocycles. The zero-order valence-corrected chi connectivity index (χ0v) is 6.46. The minimum Gasteiger partial charge on any atom is -0.476 e. The van der Waals surface area contributed by atoms with Gasteiger partial charge in [0.1, 0.15) is 11.5 Å². The summed E-state index contributed by atoms with van der Waals surface area (Å²) < 4.78 is 0. The van der Waals surface area contributed by atoms with E-state index in [1.807, 2.05) is 0 Å². The van der Waals surface area contributed by atoms with Crippen molar-refractivity contribution in [3.8, 4) is 0 Å². The first-order valence-electron chi connectivity index (χ1n) is 2.83. The van der Waals surface area contributed by atoms with Crippen LogP contribution in [-0.4, -0.2) is 21.0 Å². The Hall–Kier alpha value is -1.16. The SMILES string of the molecule is Cc1c(Cl)ncnc1C(=O)O. The highest BCUT2D eigenvalue weighted by Crippen LogP contribution is 2.12. The largest absolute Gasteiger partial charge is 0.476 e. The van der Waals surface area contributed by atoms with Gasteiger partial charge in [-0.05, 0) is 6.92 Å². The van der Waals surface area contributed by atoms with Gasteiger partial charge < -0.3 is 5.11 Å². The van der Waals surface area contributed by atoms with Crippen molar-refractivity contribution in [3.05, 3.63) is 22.7 Å². The molecule has 0 atom stereocenters. The quantitative estimate of drug-likeness (QED) is 0.646. The highest BCUT2D eigenvalue weighted by molar-refractivity contribution is 6.30. The number of carbonyl (C=O) groups is 1. The first kappa shape index (κ1) is 7.94. The van der Waals surface area contributed by atoms with Crippen molar-refractivity contribution < 1.29 is 9.90 Å². The molecule has 4 nitrogen and oxygen atoms in total. The van der Waals surface area contributed by atoms with Gasteiger partial charge in [-0.2, -0.15) is 0 Å². The molecule has 0 bridgehead atoms. The van der Waals surface area contributed by atoms with E-state index in [0.717, 1.165) is 6.33 Å². The highest BCUT2D eigenvalue weighted by Gasteiger charge is 2.10. The van der Waals surface area contributed by atoms with Crippen LogP contribution in [0.3, 0.4) is 0 Å². The van der Waals surface area contributed by atoms with E-state index in [1.165, 1.54) is 0 Å². The van der Waals surface area contributed by atoms with Gasteiger partial charge in [0.15, 0.2) is 5.69 Å². The zero-order valence-electron chi connectivity index (χ0n) is 5.71. The van der Waals surface area contributed by atoms with Gasteiger partial charge in [0.05, 0.1) is 0 Å². The van der Waals surface area contributed by atoms with Gasteiger partial charge in [-0.3, -0.25) is 0 Å². The van der Waals surface area contributed by atoms with Crippen molar-refractivity contribution in [2.45, 2.75) is 6.92 Å². The van der Waals surface area contributed by atoms with Crippen LogP contribution in [0.15, 0.2) is 6.33 Å². The van der Waals surface area contributed by atoms with Crippen molar-refractivity contribution >= 4 is 17.6 Å². The minimum absolute atomic E-state index is 0.0509. The maximum Gasteiger partial charge on any atom is 0.354 e. The molecule has 5 heteroatoms. The van der Waals surface area contributed by atoms with Crippen molar-refractivity contribution in [2.24, 2.45) is 0 Å². The van der Waals surface area contributed by atoms with Crippen molar-refractivity contribution in [1.82, 2.24) is 9.97 Å². The van der Waals surface area contributed by atoms with Crippen LogP contribution in [0.5, 0.6) is 0 Å². The number of carboxylic acid groups (broad SMARTS) is 1. The summed E-state index contributed by atoms with van der Waals surface area (Å²) in [6.07, 6.45) is 1.12. The molecule has 0 aromatic carbocycles. The molecule has 11 heavy (non-hydrogen) atoms. The molecular formula is C6H5ClN2O2. The first-order valence-corrected chi connectivity index (χ1v) is 3.21. The molecule has 1 aromatic rings. The molecule has 1 N–H and O–H groups in total. The van der Waals surface area contributed by atoms with Gasteiger partial charge in [0.2, 0.25) is 0 Å². The topological polar surface area (TPSA) is 63.1 Å². The van der Waals surface area contributed by atoms with Gasteiger partial charge in [-0.1, -0.05) is 11.6 Å². The molecule has 0 saturated heterocycles. The Bertz CT molecular complexity index is 301. The lowest BCUT2D eigenvalue weighted by molar-refractivity contribution is 0.0689. The van der Waals surface area contributed by atoms with E-state index in [-0.39, 0.29) is 10.8 Å². The first-order chi connectivity index (χ1) is 5.13. The monoisotopic (exact) mass is 172 g/mol. The van der Waals surface area contributed by atoms with E-state index in [4.69, 9.17) is 16.7 Å². The number of hydrogen-bond donors (Lipinski definition) is 1. The summed E-state index contributed by atoms with van der Waals surface area (Å²) in [6.45, 7) is 1.56. The van der Waals surface area contributed by atoms with Crippen LogP contribution in [0.25, 0.3) is 0 Å². The molecular weight excluding hydrogens is 168 g/mol. The summed E-state index contributed by atoms with van der Waals surface area (Å²) in [5.41, 5.74) is 0.340. The summed E-state index contributed by atoms with van der Waals surface area (Å²) in [4.78, 5) is 17.6. The fourth-order valence-electron chi connectivity index (χ4n) is 0.644. The number of halogens is 1. The molecule has 0 spiro atoms. The third-order valence-electron chi connectivity index (χ3n) is 1.23. The van der Waals surface area contributed by atoms with Crippen LogP contribution in [0.1, 0.15) is 16.1 Å². The van der Waals surface area contributed by atoms with Crippen molar-refractivity contribution in [2.75, 3.05) is 0 Å². The van der Waals surface area contributed by atoms with Gasteiger partial charge in [0, 0.05) is 5.56 Å². The third-order valence-corrected chi connectivity index (χ3v) is 1.61. The average Bonchev–Trinajstić information content (AvgIpc) is 1.94. The Kier molecular flexibility index (Phi) is 2.05. The van der Waals surface area contributed by atoms with Gasteiger partial charge in [0.25, 0.3) is 0 Å². The number of rotatable bonds is 1. The Morgan fingerprint density at radius 2 is 2.27 bits per heavy atom. The Labute approximate surface area is 67.9 Å². The number of nitrogens with zero attached hydrogens (tertiary/aromatic N) is 2. The molecule has 0 aliphatic heterocycles. The summed E-state index contributed by atoms with van der Waals surface area (Å²) in [5.74, 6) is -1.09. The number of aromatic carboxylic acids is 1. The van der Waals surface area contributed by atoms with Gasteiger partial charge >= 0.3 is 5.97 Å². The summed E-state index contributed by atoms with van der Waals surface area (Å²) in [6, 6.07) is 0. The number of aromatic nitrogens is 2. The Morgan fingerprint density at radius 3 is 2.73 bits per heavy atom. The van der Waals surface area contributed by atoms with Crippen molar-refractivity contribution in [1.29, 1.82) is 0 Å². The molecule has 0 aliphatic rings. The van der Waals surface area contributed by atoms with E-state index in [9.17, 15) is 4.79 Å². The Morgan fingerprint density at radius 1 is 1.64 bits per heavy atom. The molecule has 0 aliphatic carbocycles. The molecule has 58 valence electrons. The van der Waals surface area contributed by atoms with E-state index in [0.29, 0.717) is 5.56 Å². The van der Waals surface area contributed by atoms with E-state index < -0.39 is 5.97 Å². The van der Waals surface area contributed by atoms with E-state index in [1.54, 1.807) is 6.92 Å². The second kappa shape index (κ2) is 2.84. The second-order valence-corrected chi connectivity index (χ2v) is 2.30. The van der Waals surface area contributed by atoms with Crippen molar-refractivity contribution in [3.63, 3.8) is 0 Å². The normalized spacial score (nSPS) is 9.64.